The Morgan fingerprint density at radius 2 is 0.825 bits per heavy atom. The summed E-state index contributed by atoms with van der Waals surface area (Å²) in [4.78, 5) is 24.0. The summed E-state index contributed by atoms with van der Waals surface area (Å²) in [7, 11) is 0. The normalized spacial score (nSPS) is 13.1. The molecular weight excluding hydrogens is 809 g/mol. The zero-order valence-electron chi connectivity index (χ0n) is 41.8. The quantitative estimate of drug-likeness (QED) is 0.0460. The molecule has 0 saturated heterocycles. The number of aryl methyl sites for hydroxylation is 2. The summed E-state index contributed by atoms with van der Waals surface area (Å²) in [6, 6.07) is 8.72. The fraction of sp³-hybridized carbons (Fsp3) is 0.722. The second-order valence-corrected chi connectivity index (χ2v) is 23.0. The van der Waals surface area contributed by atoms with Gasteiger partial charge in [-0.1, -0.05) is 185 Å². The molecule has 0 amide bonds. The number of unbranched alkanes of at least 4 members (excludes halogenated alkanes) is 10. The Morgan fingerprint density at radius 3 is 1.10 bits per heavy atom. The maximum atomic E-state index is 12.0. The molecule has 0 bridgehead atoms. The molecule has 9 heteroatoms. The standard InChI is InChI=1S/C54H88O8S/c1-14-15-16-17-18-19-20-21-22-23-24-29-54(48(63)62-37-53(34-55,35-56)36-57,46-40(49(2,3)4)30-38(25-27-44(58)59)31-41(46)50(5,6)7)47-42(51(8,9)10)32-39(26-28-45(60)61)33-43(47)52(11,12)13/h30-33,55-57H,14-29,34-37H2,1-13H3,(H,58,59)(H,60,61). The second-order valence-electron chi connectivity index (χ2n) is 22.7. The molecular formula is C54H88O8S. The first-order valence-corrected chi connectivity index (χ1v) is 24.4. The highest BCUT2D eigenvalue weighted by Gasteiger charge is 2.51. The Morgan fingerprint density at radius 1 is 0.524 bits per heavy atom. The van der Waals surface area contributed by atoms with Gasteiger partial charge in [-0.3, -0.25) is 9.59 Å². The number of thiocarbonyl (C=S) groups is 1. The first-order chi connectivity index (χ1) is 29.1. The number of ether oxygens (including phenoxy) is 1. The minimum absolute atomic E-state index is 0.0103. The van der Waals surface area contributed by atoms with E-state index in [1.54, 1.807) is 0 Å². The molecule has 0 unspecified atom stereocenters. The van der Waals surface area contributed by atoms with E-state index in [1.165, 1.54) is 44.9 Å². The molecule has 358 valence electrons. The largest absolute Gasteiger partial charge is 0.485 e. The lowest BCUT2D eigenvalue weighted by Crippen LogP contribution is -2.47. The highest BCUT2D eigenvalue weighted by atomic mass is 32.1. The molecule has 0 aliphatic rings. The van der Waals surface area contributed by atoms with Crippen LogP contribution >= 0.6 is 12.2 Å². The van der Waals surface area contributed by atoms with E-state index in [0.29, 0.717) is 19.3 Å². The van der Waals surface area contributed by atoms with Crippen molar-refractivity contribution in [3.8, 4) is 0 Å². The van der Waals surface area contributed by atoms with Gasteiger partial charge in [0.05, 0.1) is 30.7 Å². The molecule has 0 fully saturated rings. The van der Waals surface area contributed by atoms with Crippen molar-refractivity contribution in [2.75, 3.05) is 26.4 Å². The predicted octanol–water partition coefficient (Wildman–Crippen LogP) is 12.2. The molecule has 0 spiro atoms. The summed E-state index contributed by atoms with van der Waals surface area (Å²) in [5.41, 5.74) is 3.77. The molecule has 5 N–H and O–H groups in total. The number of hydrogen-bond donors (Lipinski definition) is 5. The van der Waals surface area contributed by atoms with Crippen molar-refractivity contribution in [2.24, 2.45) is 5.41 Å². The van der Waals surface area contributed by atoms with Crippen molar-refractivity contribution >= 4 is 29.2 Å². The van der Waals surface area contributed by atoms with Crippen molar-refractivity contribution < 1.29 is 39.9 Å². The van der Waals surface area contributed by atoms with Gasteiger partial charge in [-0.2, -0.15) is 0 Å². The first-order valence-electron chi connectivity index (χ1n) is 23.9. The second kappa shape index (κ2) is 24.1. The molecule has 0 atom stereocenters. The van der Waals surface area contributed by atoms with E-state index in [1.807, 2.05) is 0 Å². The highest BCUT2D eigenvalue weighted by molar-refractivity contribution is 7.80. The summed E-state index contributed by atoms with van der Waals surface area (Å²) in [5, 5.41) is 51.6. The van der Waals surface area contributed by atoms with Crippen LogP contribution in [0.4, 0.5) is 0 Å². The Labute approximate surface area is 388 Å². The predicted molar refractivity (Wildman–Crippen MR) is 264 cm³/mol. The van der Waals surface area contributed by atoms with Gasteiger partial charge in [0, 0.05) is 12.8 Å². The summed E-state index contributed by atoms with van der Waals surface area (Å²) in [5.74, 6) is -1.72. The van der Waals surface area contributed by atoms with Gasteiger partial charge < -0.3 is 30.3 Å². The zero-order chi connectivity index (χ0) is 48.0. The monoisotopic (exact) mass is 897 g/mol. The molecule has 0 radical (unpaired) electrons. The van der Waals surface area contributed by atoms with Crippen molar-refractivity contribution in [3.63, 3.8) is 0 Å². The molecule has 2 aromatic carbocycles. The molecule has 0 aliphatic carbocycles. The highest BCUT2D eigenvalue weighted by Crippen LogP contribution is 2.54. The van der Waals surface area contributed by atoms with E-state index >= 15 is 0 Å². The molecule has 2 rings (SSSR count). The number of aliphatic hydroxyl groups is 3. The number of aliphatic hydroxyl groups excluding tert-OH is 3. The van der Waals surface area contributed by atoms with E-state index in [9.17, 15) is 35.1 Å². The van der Waals surface area contributed by atoms with Crippen LogP contribution in [0.2, 0.25) is 0 Å². The van der Waals surface area contributed by atoms with Crippen LogP contribution in [-0.4, -0.2) is 68.9 Å². The van der Waals surface area contributed by atoms with Crippen LogP contribution in [-0.2, 0) is 54.2 Å². The molecule has 8 nitrogen and oxygen atoms in total. The average Bonchev–Trinajstić information content (AvgIpc) is 3.18. The molecule has 0 aliphatic heterocycles. The van der Waals surface area contributed by atoms with Crippen LogP contribution in [0.1, 0.15) is 224 Å². The van der Waals surface area contributed by atoms with E-state index in [4.69, 9.17) is 17.0 Å². The molecule has 0 saturated carbocycles. The minimum atomic E-state index is -1.35. The zero-order valence-corrected chi connectivity index (χ0v) is 42.6. The van der Waals surface area contributed by atoms with Gasteiger partial charge in [0.15, 0.2) is 5.05 Å². The first kappa shape index (κ1) is 56.3. The third kappa shape index (κ3) is 15.9. The Balaban J connectivity index is 3.33. The summed E-state index contributed by atoms with van der Waals surface area (Å²) < 4.78 is 6.89. The van der Waals surface area contributed by atoms with Gasteiger partial charge in [-0.25, -0.2) is 0 Å². The SMILES string of the molecule is CCCCCCCCCCCCCC(C(=S)OCC(CO)(CO)CO)(c1c(C(C)(C)C)cc(CCC(=O)O)cc1C(C)(C)C)c1c(C(C)(C)C)cc(CCC(=O)O)cc1C(C)(C)C. The number of carboxylic acid groups (broad SMARTS) is 2. The Kier molecular flexibility index (Phi) is 21.5. The van der Waals surface area contributed by atoms with Crippen molar-refractivity contribution in [2.45, 2.75) is 220 Å². The molecule has 2 aromatic rings. The van der Waals surface area contributed by atoms with Crippen molar-refractivity contribution in [1.29, 1.82) is 0 Å². The third-order valence-electron chi connectivity index (χ3n) is 12.8. The summed E-state index contributed by atoms with van der Waals surface area (Å²) in [6.07, 6.45) is 14.1. The lowest BCUT2D eigenvalue weighted by Gasteiger charge is -2.47. The van der Waals surface area contributed by atoms with Gasteiger partial charge in [0.25, 0.3) is 0 Å². The number of carboxylic acids is 2. The maximum Gasteiger partial charge on any atom is 0.303 e. The van der Waals surface area contributed by atoms with E-state index in [-0.39, 0.29) is 24.5 Å². The van der Waals surface area contributed by atoms with Gasteiger partial charge in [-0.15, -0.1) is 0 Å². The summed E-state index contributed by atoms with van der Waals surface area (Å²) >= 11 is 6.79. The van der Waals surface area contributed by atoms with E-state index < -0.39 is 64.2 Å². The number of hydrogen-bond acceptors (Lipinski definition) is 7. The smallest absolute Gasteiger partial charge is 0.303 e. The van der Waals surface area contributed by atoms with Gasteiger partial charge in [0.2, 0.25) is 0 Å². The number of aliphatic carboxylic acids is 2. The third-order valence-corrected chi connectivity index (χ3v) is 13.2. The van der Waals surface area contributed by atoms with Gasteiger partial charge >= 0.3 is 11.9 Å². The minimum Gasteiger partial charge on any atom is -0.485 e. The fourth-order valence-electron chi connectivity index (χ4n) is 8.84. The van der Waals surface area contributed by atoms with Crippen LogP contribution in [0.3, 0.4) is 0 Å². The van der Waals surface area contributed by atoms with E-state index in [0.717, 1.165) is 70.2 Å². The van der Waals surface area contributed by atoms with Crippen LogP contribution in [0.15, 0.2) is 24.3 Å². The van der Waals surface area contributed by atoms with Gasteiger partial charge in [0.1, 0.15) is 6.61 Å². The lowest BCUT2D eigenvalue weighted by molar-refractivity contribution is -0.138. The topological polar surface area (TPSA) is 145 Å². The fourth-order valence-corrected chi connectivity index (χ4v) is 9.21. The van der Waals surface area contributed by atoms with Crippen LogP contribution in [0, 0.1) is 5.41 Å². The number of benzene rings is 2. The summed E-state index contributed by atoms with van der Waals surface area (Å²) in [6.45, 7) is 26.8. The molecule has 0 heterocycles. The Hall–Kier alpha value is -2.85. The average molecular weight is 897 g/mol. The van der Waals surface area contributed by atoms with Crippen LogP contribution in [0.25, 0.3) is 0 Å². The number of carbonyl (C=O) groups is 2. The number of rotatable bonds is 26. The molecule has 63 heavy (non-hydrogen) atoms. The van der Waals surface area contributed by atoms with E-state index in [2.05, 4.69) is 114 Å². The van der Waals surface area contributed by atoms with Crippen LogP contribution in [0.5, 0.6) is 0 Å². The van der Waals surface area contributed by atoms with Crippen molar-refractivity contribution in [3.05, 3.63) is 68.8 Å². The maximum absolute atomic E-state index is 12.0. The Bertz CT molecular complexity index is 1600. The van der Waals surface area contributed by atoms with Gasteiger partial charge in [-0.05, 0) is 97.6 Å². The molecule has 0 aromatic heterocycles. The van der Waals surface area contributed by atoms with Crippen LogP contribution < -0.4 is 0 Å². The van der Waals surface area contributed by atoms with Crippen molar-refractivity contribution in [1.82, 2.24) is 0 Å². The lowest BCUT2D eigenvalue weighted by atomic mass is 9.57.